The number of hydrogen-bond donors (Lipinski definition) is 11. The molecule has 0 amide bonds. The number of anilines is 5. The summed E-state index contributed by atoms with van der Waals surface area (Å²) < 4.78 is 73.9. The van der Waals surface area contributed by atoms with Gasteiger partial charge in [0.1, 0.15) is 124 Å². The molecule has 0 aromatic carbocycles. The van der Waals surface area contributed by atoms with Crippen molar-refractivity contribution in [1.82, 2.24) is 99.6 Å². The number of aromatic nitrogens is 20. The number of halogens is 4. The second-order valence-electron chi connectivity index (χ2n) is 24.3. The lowest BCUT2D eigenvalue weighted by Gasteiger charge is -2.23. The fourth-order valence-electron chi connectivity index (χ4n) is 11.9. The van der Waals surface area contributed by atoms with Gasteiger partial charge in [-0.2, -0.15) is 25.5 Å². The highest BCUT2D eigenvalue weighted by molar-refractivity contribution is 14.1. The van der Waals surface area contributed by atoms with Gasteiger partial charge in [0.05, 0.1) is 46.3 Å². The molecule has 45 nitrogen and oxygen atoms in total. The lowest BCUT2D eigenvalue weighted by atomic mass is 10.1. The molecule has 15 heterocycles. The minimum atomic E-state index is -1.22. The molecule has 5 aliphatic rings. The Labute approximate surface area is 691 Å². The van der Waals surface area contributed by atoms with Gasteiger partial charge in [-0.25, -0.2) is 63.9 Å². The number of fused-ring (bicyclic) bond motifs is 6. The first-order valence-electron chi connectivity index (χ1n) is 34.0. The molecule has 608 valence electrons. The third kappa shape index (κ3) is 20.0. The molecule has 16 N–H and O–H groups in total. The van der Waals surface area contributed by atoms with Gasteiger partial charge in [-0.05, 0) is 117 Å². The maximum atomic E-state index is 11.6. The highest BCUT2D eigenvalue weighted by Crippen LogP contribution is 2.45. The van der Waals surface area contributed by atoms with E-state index in [1.54, 1.807) is 17.8 Å². The third-order valence-electron chi connectivity index (χ3n) is 16.4. The Morgan fingerprint density at radius 1 is 0.518 bits per heavy atom. The van der Waals surface area contributed by atoms with Crippen LogP contribution in [-0.4, -0.2) is 248 Å². The van der Waals surface area contributed by atoms with Crippen molar-refractivity contribution in [3.8, 4) is 0 Å². The van der Waals surface area contributed by atoms with Crippen molar-refractivity contribution in [2.45, 2.75) is 200 Å². The van der Waals surface area contributed by atoms with Crippen molar-refractivity contribution in [2.75, 3.05) is 41.9 Å². The fourth-order valence-corrected chi connectivity index (χ4v) is 14.8. The van der Waals surface area contributed by atoms with Crippen LogP contribution in [0.2, 0.25) is 0 Å². The predicted molar refractivity (Wildman–Crippen MR) is 425 cm³/mol. The zero-order valence-corrected chi connectivity index (χ0v) is 69.1. The lowest BCUT2D eigenvalue weighted by Crippen LogP contribution is -2.40. The molecule has 0 radical (unpaired) electrons. The summed E-state index contributed by atoms with van der Waals surface area (Å²) in [7, 11) is 0. The number of carbonyl (C=O) groups excluding carboxylic acids is 5. The first kappa shape index (κ1) is 87.6. The SMILES string of the molecule is C.CC1(C)O[C@@H]2[C@H](O1)[C@@H](CO)O[C@H]2n1nc(I)c2c(N)ncnc21.CC[C@H]1OC(OC(C)=O)[C@H](OC(C)=O)[C@@H]1OC(C)=O.CC[C@H]1O[C@@H](n2nc(I)c3c(N)ncnc32)[C@H](OC(C)=O)[C@@H]1OC(C)=O.Nc1ncnc2[nH]ncc12.Nc1ncnc2c1c(I)nn2[C@@H]1O[C@H](CO)[C@@H](O)[C@H]1O.Nc1ncnc2n[nH]c(I)c12.[2H]CC. The zero-order valence-electron chi connectivity index (χ0n) is 61.5. The van der Waals surface area contributed by atoms with E-state index in [9.17, 15) is 39.3 Å². The molecule has 0 spiro atoms. The molecule has 5 fully saturated rings. The van der Waals surface area contributed by atoms with E-state index >= 15 is 0 Å². The van der Waals surface area contributed by atoms with Crippen LogP contribution < -0.4 is 28.7 Å². The average molecular weight is 2020 g/mol. The van der Waals surface area contributed by atoms with Crippen LogP contribution in [-0.2, 0) is 76.1 Å². The smallest absolute Gasteiger partial charge is 0.305 e. The quantitative estimate of drug-likeness (QED) is 0.0476. The fraction of sp³-hybridized carbons (Fsp3) is 0.524. The van der Waals surface area contributed by atoms with Crippen molar-refractivity contribution in [2.24, 2.45) is 0 Å². The Morgan fingerprint density at radius 3 is 1.38 bits per heavy atom. The van der Waals surface area contributed by atoms with Crippen molar-refractivity contribution in [3.63, 3.8) is 0 Å². The molecule has 5 saturated heterocycles. The maximum absolute atomic E-state index is 11.6. The van der Waals surface area contributed by atoms with Crippen LogP contribution in [0.15, 0.2) is 37.8 Å². The van der Waals surface area contributed by atoms with Gasteiger partial charge >= 0.3 is 29.8 Å². The molecule has 0 aliphatic carbocycles. The highest BCUT2D eigenvalue weighted by atomic mass is 127. The van der Waals surface area contributed by atoms with Gasteiger partial charge in [-0.3, -0.25) is 34.2 Å². The summed E-state index contributed by atoms with van der Waals surface area (Å²) in [6, 6.07) is 0. The van der Waals surface area contributed by atoms with Gasteiger partial charge in [-0.1, -0.05) is 35.1 Å². The molecular formula is C63H83I4N25O20. The summed E-state index contributed by atoms with van der Waals surface area (Å²) in [5, 5.41) is 68.2. The molecule has 5 aliphatic heterocycles. The highest BCUT2D eigenvalue weighted by Gasteiger charge is 2.57. The van der Waals surface area contributed by atoms with Gasteiger partial charge < -0.3 is 101 Å². The number of aliphatic hydroxyl groups is 4. The number of nitrogen functional groups attached to an aromatic ring is 5. The number of aliphatic hydroxyl groups excluding tert-OH is 4. The lowest BCUT2D eigenvalue weighted by molar-refractivity contribution is -0.201. The number of ether oxygens (including phenoxy) is 11. The molecule has 16 atom stereocenters. The summed E-state index contributed by atoms with van der Waals surface area (Å²) in [6.07, 6.45) is -2.71. The van der Waals surface area contributed by atoms with E-state index in [4.69, 9.17) is 87.3 Å². The Balaban J connectivity index is 0.000000172. The summed E-state index contributed by atoms with van der Waals surface area (Å²) in [5.41, 5.74) is 31.4. The molecule has 15 rings (SSSR count). The summed E-state index contributed by atoms with van der Waals surface area (Å²) in [6.45, 7) is 15.4. The predicted octanol–water partition coefficient (Wildman–Crippen LogP) is 2.92. The number of rotatable bonds is 12. The summed E-state index contributed by atoms with van der Waals surface area (Å²) in [5.74, 6) is -1.55. The molecule has 1 unspecified atom stereocenters. The van der Waals surface area contributed by atoms with Crippen LogP contribution in [0.25, 0.3) is 55.2 Å². The van der Waals surface area contributed by atoms with Gasteiger partial charge in [0.2, 0.25) is 12.4 Å². The molecule has 0 bridgehead atoms. The molecule has 112 heavy (non-hydrogen) atoms. The van der Waals surface area contributed by atoms with Gasteiger partial charge in [0.15, 0.2) is 71.0 Å². The van der Waals surface area contributed by atoms with Crippen LogP contribution >= 0.6 is 90.4 Å². The minimum Gasteiger partial charge on any atom is -0.456 e. The third-order valence-corrected chi connectivity index (χ3v) is 19.5. The Hall–Kier alpha value is -8.38. The van der Waals surface area contributed by atoms with Crippen LogP contribution in [0.3, 0.4) is 0 Å². The number of esters is 5. The molecule has 0 saturated carbocycles. The second kappa shape index (κ2) is 39.1. The van der Waals surface area contributed by atoms with Crippen molar-refractivity contribution in [3.05, 3.63) is 52.6 Å². The minimum absolute atomic E-state index is 0. The van der Waals surface area contributed by atoms with Gasteiger partial charge in [-0.15, -0.1) is 0 Å². The summed E-state index contributed by atoms with van der Waals surface area (Å²) in [4.78, 5) is 96.3. The molecule has 49 heteroatoms. The number of aromatic amines is 2. The number of nitrogens with one attached hydrogen (secondary N) is 2. The maximum Gasteiger partial charge on any atom is 0.305 e. The van der Waals surface area contributed by atoms with Crippen LogP contribution in [0.4, 0.5) is 29.1 Å². The molecule has 10 aromatic heterocycles. The first-order chi connectivity index (χ1) is 53.2. The normalized spacial score (nSPS) is 25.1. The number of nitrogens with two attached hydrogens (primary N) is 5. The van der Waals surface area contributed by atoms with Crippen molar-refractivity contribution >= 4 is 204 Å². The largest absolute Gasteiger partial charge is 0.456 e. The number of nitrogens with zero attached hydrogens (tertiary/aromatic N) is 18. The van der Waals surface area contributed by atoms with Gasteiger partial charge in [0.25, 0.3) is 0 Å². The van der Waals surface area contributed by atoms with Crippen molar-refractivity contribution in [1.29, 1.82) is 0 Å². The molecule has 10 aromatic rings. The number of H-pyrrole nitrogens is 2. The topological polar surface area (TPSA) is 638 Å². The average Bonchev–Trinajstić information content (AvgIpc) is 1.59. The van der Waals surface area contributed by atoms with E-state index in [0.29, 0.717) is 92.7 Å². The zero-order chi connectivity index (χ0) is 81.9. The van der Waals surface area contributed by atoms with E-state index in [-0.39, 0.29) is 31.8 Å². The standard InChI is InChI=1S/C15H18IN5O5.C13H16IN5O4.C12H18O7.C10H12IN5O4.C5H4IN5.C5H5N5.C2H6.CH4/c1-4-8-10(24-6(2)22)11(25-7(3)23)15(26-8)21-14-9(12(16)20-21)13(17)18-5-19-14;1-13(2)22-7-5(3-20)21-12(8(7)23-13)19-11-6(9(14)18-19)10(15)16-4-17-11;1-5-9-10(16-6(2)13)11(17-7(3)14)12(19-9)18-8(4)15;11-7-4-8(12)13-2-14-9(4)16(15-7)10-6(19)5(18)3(1-17)20-10;6-3-2-4(7)8-1-9-5(2)11-10-3;6-4-3-1-9-10-5(3)8-2-7-4;1-2;/h5,8,10-11,15H,4H2,1-3H3,(H2,17,18,19);4-5,7-8,12,20H,3H2,1-2H3,(H2,15,16,17);9-12H,5H2,1-4H3;2-3,5-6,10,17-19H,1H2,(H2,12,13,14);1H,(H3,7,8,9,10,11);1-2H,(H3,6,7,8,9,10);1-2H3;1H4/t8-,10-,11-,15-;5-,7-,8-,12-;9-,10-,11-,12?;3-,5-,6-,10-;;;;/m1111..../s1/i;;;;;;1D;. The van der Waals surface area contributed by atoms with Crippen molar-refractivity contribution < 1.29 is 97.9 Å². The van der Waals surface area contributed by atoms with E-state index in [0.717, 1.165) is 14.5 Å². The first-order valence-corrected chi connectivity index (χ1v) is 37.7. The van der Waals surface area contributed by atoms with Crippen LogP contribution in [0, 0.1) is 14.8 Å². The Bertz CT molecular complexity index is 4950. The van der Waals surface area contributed by atoms with E-state index in [1.165, 1.54) is 75.6 Å². The number of carbonyl (C=O) groups is 5. The van der Waals surface area contributed by atoms with Gasteiger partial charge in [0, 0.05) is 36.0 Å². The van der Waals surface area contributed by atoms with Crippen LogP contribution in [0.5, 0.6) is 0 Å². The van der Waals surface area contributed by atoms with E-state index < -0.39 is 134 Å². The van der Waals surface area contributed by atoms with E-state index in [1.807, 2.05) is 72.9 Å². The Morgan fingerprint density at radius 2 is 0.920 bits per heavy atom. The second-order valence-corrected chi connectivity index (χ2v) is 28.5. The molecular weight excluding hydrogens is 1930 g/mol. The number of hydrogen-bond acceptors (Lipinski definition) is 40. The summed E-state index contributed by atoms with van der Waals surface area (Å²) >= 11 is 8.18. The monoisotopic (exact) mass is 2020 g/mol. The van der Waals surface area contributed by atoms with Crippen LogP contribution in [0.1, 0.15) is 116 Å². The Kier molecular flexibility index (Phi) is 30.6. The van der Waals surface area contributed by atoms with E-state index in [2.05, 4.69) is 131 Å².